The summed E-state index contributed by atoms with van der Waals surface area (Å²) in [6.45, 7) is 1.87. The predicted octanol–water partition coefficient (Wildman–Crippen LogP) is 1.21. The summed E-state index contributed by atoms with van der Waals surface area (Å²) in [7, 11) is 1.97. The number of aromatic nitrogens is 3. The van der Waals surface area contributed by atoms with E-state index in [2.05, 4.69) is 15.4 Å². The van der Waals surface area contributed by atoms with Crippen LogP contribution < -0.4 is 5.32 Å². The van der Waals surface area contributed by atoms with Crippen LogP contribution in [0.25, 0.3) is 0 Å². The molecule has 0 aliphatic carbocycles. The van der Waals surface area contributed by atoms with Crippen LogP contribution in [0.1, 0.15) is 10.6 Å². The molecule has 2 aromatic rings. The highest BCUT2D eigenvalue weighted by atomic mass is 32.1. The van der Waals surface area contributed by atoms with E-state index in [1.165, 1.54) is 10.6 Å². The van der Waals surface area contributed by atoms with Crippen molar-refractivity contribution in [1.82, 2.24) is 20.1 Å². The summed E-state index contributed by atoms with van der Waals surface area (Å²) in [6.07, 6.45) is 4.75. The quantitative estimate of drug-likeness (QED) is 0.773. The van der Waals surface area contributed by atoms with E-state index >= 15 is 0 Å². The molecule has 0 saturated heterocycles. The SMILES string of the molecule is Cn1nccc1CCNCc1cncs1. The largest absolute Gasteiger partial charge is 0.311 e. The van der Waals surface area contributed by atoms with Crippen LogP contribution >= 0.6 is 11.3 Å². The predicted molar refractivity (Wildman–Crippen MR) is 60.7 cm³/mol. The van der Waals surface area contributed by atoms with Gasteiger partial charge >= 0.3 is 0 Å². The maximum Gasteiger partial charge on any atom is 0.0794 e. The van der Waals surface area contributed by atoms with Gasteiger partial charge in [-0.05, 0) is 6.07 Å². The Morgan fingerprint density at radius 3 is 3.13 bits per heavy atom. The summed E-state index contributed by atoms with van der Waals surface area (Å²) in [5.41, 5.74) is 3.12. The number of thiazole rings is 1. The molecule has 0 atom stereocenters. The fourth-order valence-electron chi connectivity index (χ4n) is 1.40. The number of hydrogen-bond acceptors (Lipinski definition) is 4. The Morgan fingerprint density at radius 2 is 2.47 bits per heavy atom. The first-order valence-electron chi connectivity index (χ1n) is 4.91. The van der Waals surface area contributed by atoms with Crippen molar-refractivity contribution in [2.45, 2.75) is 13.0 Å². The molecule has 0 spiro atoms. The van der Waals surface area contributed by atoms with E-state index in [1.54, 1.807) is 11.3 Å². The second-order valence-electron chi connectivity index (χ2n) is 3.34. The van der Waals surface area contributed by atoms with Crippen molar-refractivity contribution in [2.75, 3.05) is 6.54 Å². The first kappa shape index (κ1) is 10.3. The van der Waals surface area contributed by atoms with E-state index in [0.717, 1.165) is 19.5 Å². The van der Waals surface area contributed by atoms with E-state index in [-0.39, 0.29) is 0 Å². The maximum absolute atomic E-state index is 4.13. The maximum atomic E-state index is 4.13. The Hall–Kier alpha value is -1.20. The summed E-state index contributed by atoms with van der Waals surface area (Å²) in [5, 5.41) is 7.51. The molecule has 0 amide bonds. The van der Waals surface area contributed by atoms with E-state index in [9.17, 15) is 0 Å². The smallest absolute Gasteiger partial charge is 0.0794 e. The molecular formula is C10H14N4S. The average molecular weight is 222 g/mol. The van der Waals surface area contributed by atoms with Gasteiger partial charge in [0.05, 0.1) is 5.51 Å². The molecule has 2 heterocycles. The van der Waals surface area contributed by atoms with Crippen LogP contribution in [0.3, 0.4) is 0 Å². The van der Waals surface area contributed by atoms with Gasteiger partial charge in [-0.15, -0.1) is 11.3 Å². The van der Waals surface area contributed by atoms with Crippen molar-refractivity contribution in [3.63, 3.8) is 0 Å². The zero-order valence-electron chi connectivity index (χ0n) is 8.68. The minimum absolute atomic E-state index is 0.905. The molecule has 0 aliphatic heterocycles. The third-order valence-electron chi connectivity index (χ3n) is 2.26. The number of rotatable bonds is 5. The molecule has 2 aromatic heterocycles. The number of nitrogens with one attached hydrogen (secondary N) is 1. The molecule has 5 heteroatoms. The lowest BCUT2D eigenvalue weighted by Crippen LogP contribution is -2.17. The van der Waals surface area contributed by atoms with Gasteiger partial charge in [-0.2, -0.15) is 5.10 Å². The van der Waals surface area contributed by atoms with E-state index < -0.39 is 0 Å². The zero-order valence-corrected chi connectivity index (χ0v) is 9.50. The molecule has 2 rings (SSSR count). The van der Waals surface area contributed by atoms with Crippen LogP contribution in [0.5, 0.6) is 0 Å². The van der Waals surface area contributed by atoms with Crippen LogP contribution in [0, 0.1) is 0 Å². The molecule has 15 heavy (non-hydrogen) atoms. The highest BCUT2D eigenvalue weighted by Gasteiger charge is 1.98. The van der Waals surface area contributed by atoms with Crippen LogP contribution in [0.4, 0.5) is 0 Å². The Kier molecular flexibility index (Phi) is 3.47. The summed E-state index contributed by atoms with van der Waals surface area (Å²) >= 11 is 1.68. The molecule has 0 saturated carbocycles. The minimum Gasteiger partial charge on any atom is -0.311 e. The molecule has 0 radical (unpaired) electrons. The molecule has 1 N–H and O–H groups in total. The average Bonchev–Trinajstić information content (AvgIpc) is 2.85. The summed E-state index contributed by atoms with van der Waals surface area (Å²) in [6, 6.07) is 2.05. The normalized spacial score (nSPS) is 10.7. The first-order valence-corrected chi connectivity index (χ1v) is 5.79. The lowest BCUT2D eigenvalue weighted by atomic mass is 10.3. The van der Waals surface area contributed by atoms with Gasteiger partial charge < -0.3 is 5.32 Å². The van der Waals surface area contributed by atoms with Crippen molar-refractivity contribution >= 4 is 11.3 Å². The summed E-state index contributed by atoms with van der Waals surface area (Å²) in [4.78, 5) is 5.31. The van der Waals surface area contributed by atoms with Crippen molar-refractivity contribution in [1.29, 1.82) is 0 Å². The molecule has 0 bridgehead atoms. The van der Waals surface area contributed by atoms with Crippen LogP contribution in [-0.4, -0.2) is 21.3 Å². The van der Waals surface area contributed by atoms with E-state index in [0.29, 0.717) is 0 Å². The molecule has 0 unspecified atom stereocenters. The standard InChI is InChI=1S/C10H14N4S/c1-14-9(3-5-13-14)2-4-11-6-10-7-12-8-15-10/h3,5,7-8,11H,2,4,6H2,1H3. The molecule has 0 aromatic carbocycles. The molecule has 0 fully saturated rings. The molecular weight excluding hydrogens is 208 g/mol. The van der Waals surface area contributed by atoms with Gasteiger partial charge in [-0.25, -0.2) is 0 Å². The topological polar surface area (TPSA) is 42.7 Å². The van der Waals surface area contributed by atoms with Crippen molar-refractivity contribution in [3.8, 4) is 0 Å². The lowest BCUT2D eigenvalue weighted by Gasteiger charge is -2.03. The van der Waals surface area contributed by atoms with Crippen molar-refractivity contribution in [3.05, 3.63) is 34.5 Å². The van der Waals surface area contributed by atoms with Gasteiger partial charge in [0.15, 0.2) is 0 Å². The van der Waals surface area contributed by atoms with Gasteiger partial charge in [0.25, 0.3) is 0 Å². The zero-order chi connectivity index (χ0) is 10.5. The van der Waals surface area contributed by atoms with Gasteiger partial charge in [0.2, 0.25) is 0 Å². The van der Waals surface area contributed by atoms with Crippen LogP contribution in [0.15, 0.2) is 24.0 Å². The highest BCUT2D eigenvalue weighted by Crippen LogP contribution is 2.04. The van der Waals surface area contributed by atoms with Crippen LogP contribution in [-0.2, 0) is 20.0 Å². The van der Waals surface area contributed by atoms with Crippen molar-refractivity contribution in [2.24, 2.45) is 7.05 Å². The van der Waals surface area contributed by atoms with Gasteiger partial charge in [-0.1, -0.05) is 0 Å². The van der Waals surface area contributed by atoms with Gasteiger partial charge in [0.1, 0.15) is 0 Å². The third kappa shape index (κ3) is 2.87. The lowest BCUT2D eigenvalue weighted by molar-refractivity contribution is 0.646. The second kappa shape index (κ2) is 5.04. The fraction of sp³-hybridized carbons (Fsp3) is 0.400. The summed E-state index contributed by atoms with van der Waals surface area (Å²) in [5.74, 6) is 0. The number of aryl methyl sites for hydroxylation is 1. The second-order valence-corrected chi connectivity index (χ2v) is 4.31. The van der Waals surface area contributed by atoms with Gasteiger partial charge in [0, 0.05) is 49.5 Å². The van der Waals surface area contributed by atoms with Crippen molar-refractivity contribution < 1.29 is 0 Å². The van der Waals surface area contributed by atoms with Gasteiger partial charge in [-0.3, -0.25) is 9.67 Å². The molecule has 80 valence electrons. The first-order chi connectivity index (χ1) is 7.36. The Balaban J connectivity index is 1.70. The van der Waals surface area contributed by atoms with E-state index in [4.69, 9.17) is 0 Å². The Labute approximate surface area is 93.0 Å². The molecule has 4 nitrogen and oxygen atoms in total. The van der Waals surface area contributed by atoms with E-state index in [1.807, 2.05) is 35.7 Å². The molecule has 0 aliphatic rings. The summed E-state index contributed by atoms with van der Waals surface area (Å²) < 4.78 is 1.91. The van der Waals surface area contributed by atoms with Crippen LogP contribution in [0.2, 0.25) is 0 Å². The third-order valence-corrected chi connectivity index (χ3v) is 3.04. The monoisotopic (exact) mass is 222 g/mol. The number of hydrogen-bond donors (Lipinski definition) is 1. The Bertz CT molecular complexity index is 393. The Morgan fingerprint density at radius 1 is 1.53 bits per heavy atom. The fourth-order valence-corrected chi connectivity index (χ4v) is 1.97. The number of nitrogens with zero attached hydrogens (tertiary/aromatic N) is 3. The minimum atomic E-state index is 0.905. The highest BCUT2D eigenvalue weighted by molar-refractivity contribution is 7.09.